The normalized spacial score (nSPS) is 22.6. The summed E-state index contributed by atoms with van der Waals surface area (Å²) < 4.78 is 31.3. The second-order valence-electron chi connectivity index (χ2n) is 8.08. The average Bonchev–Trinajstić information content (AvgIpc) is 3.38. The Bertz CT molecular complexity index is 1410. The minimum Gasteiger partial charge on any atom is -0.388 e. The van der Waals surface area contributed by atoms with Crippen LogP contribution in [0.1, 0.15) is 39.0 Å². The van der Waals surface area contributed by atoms with E-state index in [-0.39, 0.29) is 22.7 Å². The zero-order chi connectivity index (χ0) is 26.9. The molecule has 4 rings (SSSR count). The number of rotatable bonds is 9. The number of halogens is 2. The number of nitrogens with one attached hydrogen (secondary N) is 2. The Morgan fingerprint density at radius 3 is 2.81 bits per heavy atom. The number of hydrogen-bond acceptors (Lipinski definition) is 12. The molecular weight excluding hydrogens is 612 g/mol. The number of hydrogen-bond donors (Lipinski definition) is 5. The summed E-state index contributed by atoms with van der Waals surface area (Å²) in [6, 6.07) is 5.34. The first kappa shape index (κ1) is 27.9. The predicted molar refractivity (Wildman–Crippen MR) is 140 cm³/mol. The smallest absolute Gasteiger partial charge is 0.335 e. The summed E-state index contributed by atoms with van der Waals surface area (Å²) in [7, 11) is -2.94. The number of aliphatic hydroxyl groups is 2. The van der Waals surface area contributed by atoms with E-state index in [1.54, 1.807) is 24.3 Å². The van der Waals surface area contributed by atoms with E-state index in [0.717, 1.165) is 18.4 Å². The number of pyridine rings is 1. The van der Waals surface area contributed by atoms with Crippen molar-refractivity contribution in [3.8, 4) is 0 Å². The lowest BCUT2D eigenvalue weighted by Crippen LogP contribution is -2.38. The summed E-state index contributed by atoms with van der Waals surface area (Å²) >= 11 is 10.8. The van der Waals surface area contributed by atoms with Gasteiger partial charge in [-0.15, -0.1) is 11.3 Å². The van der Waals surface area contributed by atoms with Gasteiger partial charge < -0.3 is 21.3 Å². The van der Waals surface area contributed by atoms with Crippen LogP contribution < -0.4 is 15.8 Å². The number of anilines is 1. The Kier molecular flexibility index (Phi) is 8.57. The van der Waals surface area contributed by atoms with Gasteiger partial charge in [-0.05, 0) is 34.1 Å². The Hall–Kier alpha value is -2.08. The van der Waals surface area contributed by atoms with Gasteiger partial charge in [-0.3, -0.25) is 8.98 Å². The summed E-state index contributed by atoms with van der Waals surface area (Å²) in [5.41, 5.74) is 7.51. The molecule has 37 heavy (non-hydrogen) atoms. The summed E-state index contributed by atoms with van der Waals surface area (Å²) in [4.78, 5) is 26.1. The summed E-state index contributed by atoms with van der Waals surface area (Å²) in [5.74, 6) is -0.369. The first-order chi connectivity index (χ1) is 17.5. The van der Waals surface area contributed by atoms with Crippen LogP contribution in [0.15, 0.2) is 41.4 Å². The molecule has 5 atom stereocenters. The van der Waals surface area contributed by atoms with Crippen LogP contribution in [0.4, 0.5) is 5.82 Å². The molecule has 16 heteroatoms. The number of nitrogens with two attached hydrogens (primary N) is 1. The van der Waals surface area contributed by atoms with Crippen molar-refractivity contribution in [2.24, 2.45) is 5.73 Å². The highest BCUT2D eigenvalue weighted by molar-refractivity contribution is 9.10. The standard InChI is InChI=1S/C21H22BrClN6O6S2/c1-25-37(33,34)35-13-6-12(18(31)19(13)32)29-21-10(7-26-8-27-21)17(30)14-5-9(20(23)36-14)16(24)11-3-2-4-15(22)28-11/h2-5,7-8,12-13,16,18-19,25,31-32H,6,24H2,1H3,(H,26,27,29)/t12-,13-,16+,18+,19+/m1/s1. The van der Waals surface area contributed by atoms with Gasteiger partial charge in [0.1, 0.15) is 35.1 Å². The van der Waals surface area contributed by atoms with Crippen LogP contribution >= 0.6 is 38.9 Å². The van der Waals surface area contributed by atoms with Crippen LogP contribution in [0.3, 0.4) is 0 Å². The van der Waals surface area contributed by atoms with Gasteiger partial charge in [0.2, 0.25) is 5.78 Å². The molecule has 0 bridgehead atoms. The number of carbonyl (C=O) groups is 1. The second kappa shape index (κ2) is 11.3. The average molecular weight is 634 g/mol. The molecule has 0 unspecified atom stereocenters. The summed E-state index contributed by atoms with van der Waals surface area (Å²) in [5, 5.41) is 23.6. The van der Waals surface area contributed by atoms with E-state index in [9.17, 15) is 23.4 Å². The van der Waals surface area contributed by atoms with Crippen molar-refractivity contribution in [3.05, 3.63) is 67.4 Å². The van der Waals surface area contributed by atoms with Gasteiger partial charge in [0.05, 0.1) is 32.6 Å². The number of ketones is 1. The van der Waals surface area contributed by atoms with Crippen LogP contribution in [0, 0.1) is 0 Å². The SMILES string of the molecule is CNS(=O)(=O)O[C@@H]1C[C@@H](Nc2ncncc2C(=O)c2cc([C@H](N)c3cccc(Br)n3)c(Cl)s2)[C@H](O)[C@H]1O. The molecule has 0 spiro atoms. The quantitative estimate of drug-likeness (QED) is 0.169. The fourth-order valence-electron chi connectivity index (χ4n) is 3.82. The van der Waals surface area contributed by atoms with Gasteiger partial charge in [-0.25, -0.2) is 15.0 Å². The molecule has 1 fully saturated rings. The minimum atomic E-state index is -4.10. The van der Waals surface area contributed by atoms with Gasteiger partial charge in [0.15, 0.2) is 0 Å². The van der Waals surface area contributed by atoms with Crippen molar-refractivity contribution in [3.63, 3.8) is 0 Å². The van der Waals surface area contributed by atoms with E-state index in [1.165, 1.54) is 12.5 Å². The van der Waals surface area contributed by atoms with E-state index in [2.05, 4.69) is 36.2 Å². The molecule has 3 aromatic heterocycles. The Balaban J connectivity index is 1.56. The van der Waals surface area contributed by atoms with Crippen LogP contribution in [0.2, 0.25) is 4.34 Å². The monoisotopic (exact) mass is 632 g/mol. The molecular formula is C21H22BrClN6O6S2. The minimum absolute atomic E-state index is 0.0787. The number of thiophene rings is 1. The molecule has 6 N–H and O–H groups in total. The molecule has 12 nitrogen and oxygen atoms in total. The van der Waals surface area contributed by atoms with Crippen molar-refractivity contribution in [1.29, 1.82) is 0 Å². The molecule has 0 aliphatic heterocycles. The van der Waals surface area contributed by atoms with Crippen molar-refractivity contribution in [1.82, 2.24) is 19.7 Å². The molecule has 0 saturated heterocycles. The van der Waals surface area contributed by atoms with Crippen LogP contribution in [0.5, 0.6) is 0 Å². The maximum atomic E-state index is 13.4. The fourth-order valence-corrected chi connectivity index (χ4v) is 6.10. The van der Waals surface area contributed by atoms with Crippen molar-refractivity contribution in [2.75, 3.05) is 12.4 Å². The van der Waals surface area contributed by atoms with E-state index < -0.39 is 46.5 Å². The third-order valence-electron chi connectivity index (χ3n) is 5.74. The molecule has 0 radical (unpaired) electrons. The lowest BCUT2D eigenvalue weighted by molar-refractivity contribution is -0.00882. The lowest BCUT2D eigenvalue weighted by atomic mass is 10.1. The lowest BCUT2D eigenvalue weighted by Gasteiger charge is -2.19. The Labute approximate surface area is 229 Å². The molecule has 0 aromatic carbocycles. The van der Waals surface area contributed by atoms with E-state index >= 15 is 0 Å². The first-order valence-electron chi connectivity index (χ1n) is 10.8. The van der Waals surface area contributed by atoms with Gasteiger partial charge in [0, 0.05) is 25.2 Å². The van der Waals surface area contributed by atoms with Gasteiger partial charge in [0.25, 0.3) is 0 Å². The third kappa shape index (κ3) is 6.16. The van der Waals surface area contributed by atoms with E-state index in [4.69, 9.17) is 21.5 Å². The number of aliphatic hydroxyl groups excluding tert-OH is 2. The van der Waals surface area contributed by atoms with Crippen molar-refractivity contribution >= 4 is 60.8 Å². The molecule has 0 amide bonds. The topological polar surface area (TPSA) is 190 Å². The second-order valence-corrected chi connectivity index (χ2v) is 12.1. The third-order valence-corrected chi connectivity index (χ3v) is 8.57. The molecule has 198 valence electrons. The van der Waals surface area contributed by atoms with Crippen molar-refractivity contribution < 1.29 is 27.6 Å². The summed E-state index contributed by atoms with van der Waals surface area (Å²) in [6.45, 7) is 0. The number of carbonyl (C=O) groups excluding carboxylic acids is 1. The number of nitrogens with zero attached hydrogens (tertiary/aromatic N) is 3. The maximum Gasteiger partial charge on any atom is 0.335 e. The fraction of sp³-hybridized carbons (Fsp3) is 0.333. The van der Waals surface area contributed by atoms with E-state index in [0.29, 0.717) is 20.2 Å². The van der Waals surface area contributed by atoms with E-state index in [1.807, 2.05) is 4.72 Å². The van der Waals surface area contributed by atoms with Crippen LogP contribution in [-0.2, 0) is 14.5 Å². The Morgan fingerprint density at radius 1 is 1.35 bits per heavy atom. The number of aromatic nitrogens is 3. The first-order valence-corrected chi connectivity index (χ1v) is 14.2. The highest BCUT2D eigenvalue weighted by Crippen LogP contribution is 2.36. The molecule has 3 aromatic rings. The van der Waals surface area contributed by atoms with Gasteiger partial charge >= 0.3 is 10.3 Å². The van der Waals surface area contributed by atoms with Gasteiger partial charge in [-0.1, -0.05) is 17.7 Å². The van der Waals surface area contributed by atoms with Crippen LogP contribution in [0.25, 0.3) is 0 Å². The van der Waals surface area contributed by atoms with Crippen molar-refractivity contribution in [2.45, 2.75) is 36.8 Å². The van der Waals surface area contributed by atoms with Gasteiger partial charge in [-0.2, -0.15) is 13.1 Å². The Morgan fingerprint density at radius 2 is 2.11 bits per heavy atom. The highest BCUT2D eigenvalue weighted by atomic mass is 79.9. The molecule has 1 aliphatic rings. The summed E-state index contributed by atoms with van der Waals surface area (Å²) in [6.07, 6.45) is -1.67. The molecule has 3 heterocycles. The predicted octanol–water partition coefficient (Wildman–Crippen LogP) is 1.38. The zero-order valence-electron chi connectivity index (χ0n) is 19.1. The highest BCUT2D eigenvalue weighted by Gasteiger charge is 2.44. The zero-order valence-corrected chi connectivity index (χ0v) is 23.1. The molecule has 1 aliphatic carbocycles. The maximum absolute atomic E-state index is 13.4. The molecule has 1 saturated carbocycles. The largest absolute Gasteiger partial charge is 0.388 e. The van der Waals surface area contributed by atoms with Crippen LogP contribution in [-0.4, -0.2) is 70.8 Å².